The summed E-state index contributed by atoms with van der Waals surface area (Å²) >= 11 is 0. The highest BCUT2D eigenvalue weighted by molar-refractivity contribution is 5.62. The lowest BCUT2D eigenvalue weighted by atomic mass is 10.1. The Bertz CT molecular complexity index is 494. The summed E-state index contributed by atoms with van der Waals surface area (Å²) in [6, 6.07) is 6.32. The van der Waals surface area contributed by atoms with Crippen molar-refractivity contribution in [1.29, 1.82) is 0 Å². The molecule has 1 aromatic heterocycles. The van der Waals surface area contributed by atoms with Crippen LogP contribution >= 0.6 is 0 Å². The maximum Gasteiger partial charge on any atom is 0.207 e. The molecule has 2 rings (SSSR count). The minimum Gasteiger partial charge on any atom is -0.325 e. The van der Waals surface area contributed by atoms with Gasteiger partial charge in [-0.05, 0) is 31.4 Å². The minimum atomic E-state index is 0.931. The molecule has 0 amide bonds. The Morgan fingerprint density at radius 1 is 1.22 bits per heavy atom. The second-order valence-corrected chi connectivity index (χ2v) is 4.69. The van der Waals surface area contributed by atoms with Crippen molar-refractivity contribution in [3.63, 3.8) is 0 Å². The number of nitrogens with one attached hydrogen (secondary N) is 1. The van der Waals surface area contributed by atoms with Crippen LogP contribution in [0.2, 0.25) is 0 Å². The Kier molecular flexibility index (Phi) is 4.03. The fraction of sp³-hybridized carbons (Fsp3) is 0.400. The van der Waals surface area contributed by atoms with Crippen LogP contribution in [0, 0.1) is 13.8 Å². The maximum absolute atomic E-state index is 4.40. The molecule has 96 valence electrons. The molecule has 0 unspecified atom stereocenters. The maximum atomic E-state index is 4.40. The van der Waals surface area contributed by atoms with Crippen molar-refractivity contribution in [1.82, 2.24) is 9.55 Å². The van der Waals surface area contributed by atoms with Crippen LogP contribution < -0.4 is 5.32 Å². The molecule has 0 spiro atoms. The van der Waals surface area contributed by atoms with Gasteiger partial charge in [-0.25, -0.2) is 4.98 Å². The van der Waals surface area contributed by atoms with E-state index in [-0.39, 0.29) is 0 Å². The number of unbranched alkanes of at least 4 members (excludes halogenated alkanes) is 1. The van der Waals surface area contributed by atoms with E-state index in [4.69, 9.17) is 0 Å². The molecular formula is C15H21N3. The highest BCUT2D eigenvalue weighted by Crippen LogP contribution is 2.23. The normalized spacial score (nSPS) is 10.6. The predicted molar refractivity (Wildman–Crippen MR) is 76.3 cm³/mol. The van der Waals surface area contributed by atoms with Gasteiger partial charge in [-0.1, -0.05) is 31.5 Å². The third-order valence-electron chi connectivity index (χ3n) is 3.19. The third-order valence-corrected chi connectivity index (χ3v) is 3.19. The van der Waals surface area contributed by atoms with Crippen molar-refractivity contribution in [2.24, 2.45) is 0 Å². The molecule has 1 aromatic carbocycles. The molecule has 3 heteroatoms. The van der Waals surface area contributed by atoms with Crippen molar-refractivity contribution in [2.45, 2.75) is 40.2 Å². The number of rotatable bonds is 5. The number of aryl methyl sites for hydroxylation is 3. The van der Waals surface area contributed by atoms with Gasteiger partial charge >= 0.3 is 0 Å². The molecule has 0 saturated carbocycles. The highest BCUT2D eigenvalue weighted by Gasteiger charge is 2.06. The first-order chi connectivity index (χ1) is 8.72. The van der Waals surface area contributed by atoms with Crippen LogP contribution in [0.4, 0.5) is 11.6 Å². The van der Waals surface area contributed by atoms with E-state index in [0.29, 0.717) is 0 Å². The van der Waals surface area contributed by atoms with Gasteiger partial charge in [-0.2, -0.15) is 0 Å². The summed E-state index contributed by atoms with van der Waals surface area (Å²) in [5.74, 6) is 0.931. The van der Waals surface area contributed by atoms with Crippen LogP contribution in [0.15, 0.2) is 30.6 Å². The van der Waals surface area contributed by atoms with Gasteiger partial charge < -0.3 is 9.88 Å². The number of hydrogen-bond donors (Lipinski definition) is 1. The quantitative estimate of drug-likeness (QED) is 0.858. The number of aromatic nitrogens is 2. The molecule has 0 aliphatic rings. The van der Waals surface area contributed by atoms with E-state index in [1.807, 2.05) is 12.4 Å². The van der Waals surface area contributed by atoms with Gasteiger partial charge in [-0.3, -0.25) is 0 Å². The first-order valence-electron chi connectivity index (χ1n) is 6.56. The lowest BCUT2D eigenvalue weighted by Gasteiger charge is -2.13. The first kappa shape index (κ1) is 12.7. The molecule has 0 radical (unpaired) electrons. The van der Waals surface area contributed by atoms with Crippen LogP contribution in [0.5, 0.6) is 0 Å². The fourth-order valence-electron chi connectivity index (χ4n) is 2.07. The van der Waals surface area contributed by atoms with Gasteiger partial charge in [0.25, 0.3) is 0 Å². The number of anilines is 2. The van der Waals surface area contributed by atoms with Crippen LogP contribution in [0.3, 0.4) is 0 Å². The molecule has 1 N–H and O–H groups in total. The number of benzene rings is 1. The van der Waals surface area contributed by atoms with E-state index in [1.165, 1.54) is 29.7 Å². The zero-order valence-electron chi connectivity index (χ0n) is 11.4. The summed E-state index contributed by atoms with van der Waals surface area (Å²) in [5, 5.41) is 3.45. The number of para-hydroxylation sites is 1. The molecule has 18 heavy (non-hydrogen) atoms. The first-order valence-corrected chi connectivity index (χ1v) is 6.56. The van der Waals surface area contributed by atoms with Crippen molar-refractivity contribution < 1.29 is 0 Å². The molecule has 2 aromatic rings. The van der Waals surface area contributed by atoms with E-state index in [0.717, 1.165) is 12.5 Å². The standard InChI is InChI=1S/C15H21N3/c1-4-5-10-18-11-9-16-15(18)17-14-12(2)7-6-8-13(14)3/h6-9,11H,4-5,10H2,1-3H3,(H,16,17). The van der Waals surface area contributed by atoms with Gasteiger partial charge in [-0.15, -0.1) is 0 Å². The molecule has 0 aliphatic carbocycles. The molecule has 0 atom stereocenters. The molecule has 0 bridgehead atoms. The summed E-state index contributed by atoms with van der Waals surface area (Å²) in [6.07, 6.45) is 6.26. The summed E-state index contributed by atoms with van der Waals surface area (Å²) in [7, 11) is 0. The number of nitrogens with zero attached hydrogens (tertiary/aromatic N) is 2. The van der Waals surface area contributed by atoms with Crippen molar-refractivity contribution in [3.05, 3.63) is 41.7 Å². The van der Waals surface area contributed by atoms with Crippen molar-refractivity contribution in [3.8, 4) is 0 Å². The van der Waals surface area contributed by atoms with Crippen LogP contribution in [-0.4, -0.2) is 9.55 Å². The summed E-state index contributed by atoms with van der Waals surface area (Å²) < 4.78 is 2.18. The Balaban J connectivity index is 2.21. The average Bonchev–Trinajstić information content (AvgIpc) is 2.79. The molecule has 1 heterocycles. The van der Waals surface area contributed by atoms with E-state index in [1.54, 1.807) is 0 Å². The zero-order valence-corrected chi connectivity index (χ0v) is 11.4. The van der Waals surface area contributed by atoms with Gasteiger partial charge in [0.15, 0.2) is 0 Å². The van der Waals surface area contributed by atoms with Crippen LogP contribution in [-0.2, 0) is 6.54 Å². The zero-order chi connectivity index (χ0) is 13.0. The smallest absolute Gasteiger partial charge is 0.207 e. The van der Waals surface area contributed by atoms with E-state index in [2.05, 4.69) is 53.8 Å². The predicted octanol–water partition coefficient (Wildman–Crippen LogP) is 4.04. The lowest BCUT2D eigenvalue weighted by Crippen LogP contribution is -2.05. The van der Waals surface area contributed by atoms with E-state index < -0.39 is 0 Å². The van der Waals surface area contributed by atoms with Crippen LogP contribution in [0.1, 0.15) is 30.9 Å². The average molecular weight is 243 g/mol. The van der Waals surface area contributed by atoms with Gasteiger partial charge in [0.1, 0.15) is 0 Å². The highest BCUT2D eigenvalue weighted by atomic mass is 15.2. The van der Waals surface area contributed by atoms with E-state index >= 15 is 0 Å². The summed E-state index contributed by atoms with van der Waals surface area (Å²) in [6.45, 7) is 7.46. The van der Waals surface area contributed by atoms with Crippen LogP contribution in [0.25, 0.3) is 0 Å². The third kappa shape index (κ3) is 2.73. The molecular weight excluding hydrogens is 222 g/mol. The summed E-state index contributed by atoms with van der Waals surface area (Å²) in [4.78, 5) is 4.40. The second kappa shape index (κ2) is 5.71. The summed E-state index contributed by atoms with van der Waals surface area (Å²) in [5.41, 5.74) is 3.67. The monoisotopic (exact) mass is 243 g/mol. The SMILES string of the molecule is CCCCn1ccnc1Nc1c(C)cccc1C. The Hall–Kier alpha value is -1.77. The lowest BCUT2D eigenvalue weighted by molar-refractivity contribution is 0.638. The molecule has 0 aliphatic heterocycles. The van der Waals surface area contributed by atoms with Gasteiger partial charge in [0.05, 0.1) is 0 Å². The minimum absolute atomic E-state index is 0.931. The second-order valence-electron chi connectivity index (χ2n) is 4.69. The van der Waals surface area contributed by atoms with Gasteiger partial charge in [0, 0.05) is 24.6 Å². The molecule has 3 nitrogen and oxygen atoms in total. The molecule has 0 fully saturated rings. The van der Waals surface area contributed by atoms with E-state index in [9.17, 15) is 0 Å². The Labute approximate surface area is 109 Å². The Morgan fingerprint density at radius 2 is 1.94 bits per heavy atom. The Morgan fingerprint density at radius 3 is 2.61 bits per heavy atom. The van der Waals surface area contributed by atoms with Crippen molar-refractivity contribution >= 4 is 11.6 Å². The number of imidazole rings is 1. The molecule has 0 saturated heterocycles. The fourth-order valence-corrected chi connectivity index (χ4v) is 2.07. The van der Waals surface area contributed by atoms with Crippen molar-refractivity contribution in [2.75, 3.05) is 5.32 Å². The largest absolute Gasteiger partial charge is 0.325 e. The number of hydrogen-bond acceptors (Lipinski definition) is 2. The van der Waals surface area contributed by atoms with Gasteiger partial charge in [0.2, 0.25) is 5.95 Å². The topological polar surface area (TPSA) is 29.9 Å².